The zero-order valence-corrected chi connectivity index (χ0v) is 25.2. The van der Waals surface area contributed by atoms with Crippen LogP contribution in [0.5, 0.6) is 0 Å². The number of oxazole rings is 2. The highest BCUT2D eigenvalue weighted by Crippen LogP contribution is 2.31. The number of fused-ring (bicyclic) bond motifs is 2. The number of hydrogen-bond acceptors (Lipinski definition) is 9. The second-order valence-electron chi connectivity index (χ2n) is 11.1. The van der Waals surface area contributed by atoms with Crippen LogP contribution in [0.15, 0.2) is 149 Å². The van der Waals surface area contributed by atoms with Gasteiger partial charge in [0.25, 0.3) is 0 Å². The van der Waals surface area contributed by atoms with E-state index in [9.17, 15) is 0 Å². The molecule has 4 aromatic heterocycles. The third-order valence-corrected chi connectivity index (χ3v) is 7.97. The molecule has 0 fully saturated rings. The van der Waals surface area contributed by atoms with Crippen molar-refractivity contribution in [1.82, 2.24) is 34.9 Å². The Kier molecular flexibility index (Phi) is 6.57. The summed E-state index contributed by atoms with van der Waals surface area (Å²) in [6, 6.07) is 40.9. The van der Waals surface area contributed by atoms with Crippen LogP contribution >= 0.6 is 0 Å². The van der Waals surface area contributed by atoms with Gasteiger partial charge in [0.05, 0.1) is 0 Å². The van der Waals surface area contributed by atoms with Gasteiger partial charge in [0.15, 0.2) is 34.5 Å². The van der Waals surface area contributed by atoms with Crippen molar-refractivity contribution in [1.29, 1.82) is 0 Å². The molecule has 0 spiro atoms. The maximum absolute atomic E-state index is 5.98. The molecule has 9 aromatic rings. The Morgan fingerprint density at radius 1 is 0.312 bits per heavy atom. The Hall–Kier alpha value is -6.87. The van der Waals surface area contributed by atoms with Crippen LogP contribution in [-0.2, 0) is 0 Å². The van der Waals surface area contributed by atoms with Crippen molar-refractivity contribution in [2.45, 2.75) is 0 Å². The summed E-state index contributed by atoms with van der Waals surface area (Å²) >= 11 is 0. The molecule has 5 aromatic carbocycles. The van der Waals surface area contributed by atoms with Gasteiger partial charge in [-0.05, 0) is 54.6 Å². The molecule has 0 aliphatic heterocycles. The highest BCUT2D eigenvalue weighted by molar-refractivity contribution is 5.78. The van der Waals surface area contributed by atoms with Crippen LogP contribution in [0.1, 0.15) is 0 Å². The lowest BCUT2D eigenvalue weighted by molar-refractivity contribution is 0.619. The molecular weight excluding hydrogens is 598 g/mol. The summed E-state index contributed by atoms with van der Waals surface area (Å²) in [6.07, 6.45) is 3.46. The van der Waals surface area contributed by atoms with Crippen LogP contribution in [0.3, 0.4) is 0 Å². The van der Waals surface area contributed by atoms with Crippen LogP contribution in [0, 0.1) is 0 Å². The average molecular weight is 622 g/mol. The maximum atomic E-state index is 5.98. The molecule has 48 heavy (non-hydrogen) atoms. The van der Waals surface area contributed by atoms with E-state index in [1.54, 1.807) is 18.5 Å². The van der Waals surface area contributed by atoms with Gasteiger partial charge in [0, 0.05) is 45.8 Å². The monoisotopic (exact) mass is 621 g/mol. The van der Waals surface area contributed by atoms with Gasteiger partial charge >= 0.3 is 0 Å². The lowest BCUT2D eigenvalue weighted by Crippen LogP contribution is -2.00. The van der Waals surface area contributed by atoms with E-state index in [4.69, 9.17) is 23.8 Å². The number of benzene rings is 5. The molecule has 0 amide bonds. The van der Waals surface area contributed by atoms with E-state index in [1.807, 2.05) is 121 Å². The quantitative estimate of drug-likeness (QED) is 0.179. The molecule has 9 nitrogen and oxygen atoms in total. The first-order valence-electron chi connectivity index (χ1n) is 15.3. The number of rotatable bonds is 6. The SMILES string of the molecule is c1cnc(-c2ccc(-c3nc(-c4ccc(-c5nc6ccccc6o5)cc4)nc(-c4ccc(-c5nc6ccccc6o5)cc4)n3)cc2)nc1. The van der Waals surface area contributed by atoms with Gasteiger partial charge in [-0.25, -0.2) is 34.9 Å². The van der Waals surface area contributed by atoms with Crippen molar-refractivity contribution >= 4 is 22.2 Å². The van der Waals surface area contributed by atoms with Crippen molar-refractivity contribution in [3.8, 4) is 68.5 Å². The van der Waals surface area contributed by atoms with E-state index in [0.29, 0.717) is 35.1 Å². The molecule has 0 radical (unpaired) electrons. The van der Waals surface area contributed by atoms with Crippen LogP contribution in [0.2, 0.25) is 0 Å². The summed E-state index contributed by atoms with van der Waals surface area (Å²) in [4.78, 5) is 32.7. The van der Waals surface area contributed by atoms with Crippen molar-refractivity contribution in [3.05, 3.63) is 140 Å². The minimum Gasteiger partial charge on any atom is -0.436 e. The molecule has 0 atom stereocenters. The topological polar surface area (TPSA) is 117 Å². The zero-order chi connectivity index (χ0) is 31.9. The standard InChI is InChI=1S/C39H23N7O2/c1-3-8-32-30(6-1)42-38(47-32)28-18-14-26(15-19-28)36-44-35(25-12-10-24(11-13-25)34-40-22-5-23-41-34)45-37(46-36)27-16-20-29(21-17-27)39-43-31-7-2-4-9-33(31)48-39/h1-23H. The Bertz CT molecular complexity index is 2340. The molecule has 9 rings (SSSR count). The van der Waals surface area contributed by atoms with Gasteiger partial charge in [-0.15, -0.1) is 0 Å². The number of nitrogens with zero attached hydrogens (tertiary/aromatic N) is 7. The molecule has 0 N–H and O–H groups in total. The largest absolute Gasteiger partial charge is 0.436 e. The van der Waals surface area contributed by atoms with E-state index < -0.39 is 0 Å². The first kappa shape index (κ1) is 27.4. The number of para-hydroxylation sites is 4. The fourth-order valence-electron chi connectivity index (χ4n) is 5.49. The first-order valence-corrected chi connectivity index (χ1v) is 15.3. The van der Waals surface area contributed by atoms with Crippen LogP contribution in [0.25, 0.3) is 90.7 Å². The predicted octanol–water partition coefficient (Wildman–Crippen LogP) is 8.95. The van der Waals surface area contributed by atoms with E-state index in [-0.39, 0.29) is 0 Å². The van der Waals surface area contributed by atoms with E-state index in [0.717, 1.165) is 55.6 Å². The molecule has 9 heteroatoms. The van der Waals surface area contributed by atoms with Crippen LogP contribution < -0.4 is 0 Å². The molecule has 0 unspecified atom stereocenters. The normalized spacial score (nSPS) is 11.3. The highest BCUT2D eigenvalue weighted by Gasteiger charge is 2.15. The third-order valence-electron chi connectivity index (χ3n) is 7.97. The number of hydrogen-bond donors (Lipinski definition) is 0. The van der Waals surface area contributed by atoms with Gasteiger partial charge in [0.2, 0.25) is 11.8 Å². The lowest BCUT2D eigenvalue weighted by Gasteiger charge is -2.09. The van der Waals surface area contributed by atoms with Gasteiger partial charge in [-0.3, -0.25) is 0 Å². The fourth-order valence-corrected chi connectivity index (χ4v) is 5.49. The van der Waals surface area contributed by atoms with Gasteiger partial charge < -0.3 is 8.83 Å². The van der Waals surface area contributed by atoms with Gasteiger partial charge in [0.1, 0.15) is 11.0 Å². The predicted molar refractivity (Wildman–Crippen MR) is 183 cm³/mol. The van der Waals surface area contributed by atoms with Crippen molar-refractivity contribution < 1.29 is 8.83 Å². The summed E-state index contributed by atoms with van der Waals surface area (Å²) in [5.41, 5.74) is 8.24. The van der Waals surface area contributed by atoms with E-state index in [1.165, 1.54) is 0 Å². The lowest BCUT2D eigenvalue weighted by atomic mass is 10.1. The molecule has 226 valence electrons. The maximum Gasteiger partial charge on any atom is 0.227 e. The molecule has 0 bridgehead atoms. The minimum absolute atomic E-state index is 0.539. The Morgan fingerprint density at radius 3 is 1.06 bits per heavy atom. The Morgan fingerprint density at radius 2 is 0.667 bits per heavy atom. The van der Waals surface area contributed by atoms with Crippen LogP contribution in [-0.4, -0.2) is 34.9 Å². The summed E-state index contributed by atoms with van der Waals surface area (Å²) < 4.78 is 12.0. The molecule has 0 saturated heterocycles. The van der Waals surface area contributed by atoms with Gasteiger partial charge in [-0.2, -0.15) is 0 Å². The average Bonchev–Trinajstić information content (AvgIpc) is 3.80. The van der Waals surface area contributed by atoms with E-state index >= 15 is 0 Å². The summed E-state index contributed by atoms with van der Waals surface area (Å²) in [5.74, 6) is 3.39. The molecule has 0 saturated carbocycles. The van der Waals surface area contributed by atoms with Crippen LogP contribution in [0.4, 0.5) is 0 Å². The summed E-state index contributed by atoms with van der Waals surface area (Å²) in [7, 11) is 0. The smallest absolute Gasteiger partial charge is 0.227 e. The summed E-state index contributed by atoms with van der Waals surface area (Å²) in [6.45, 7) is 0. The van der Waals surface area contributed by atoms with Crippen molar-refractivity contribution in [2.75, 3.05) is 0 Å². The highest BCUT2D eigenvalue weighted by atomic mass is 16.4. The molecule has 0 aliphatic carbocycles. The second kappa shape index (κ2) is 11.5. The fraction of sp³-hybridized carbons (Fsp3) is 0. The molecule has 0 aliphatic rings. The Balaban J connectivity index is 1.10. The Labute approximate surface area is 273 Å². The third kappa shape index (κ3) is 5.15. The van der Waals surface area contributed by atoms with Gasteiger partial charge in [-0.1, -0.05) is 72.8 Å². The molecular formula is C39H23N7O2. The van der Waals surface area contributed by atoms with Crippen molar-refractivity contribution in [3.63, 3.8) is 0 Å². The number of aromatic nitrogens is 7. The molecule has 4 heterocycles. The van der Waals surface area contributed by atoms with Crippen molar-refractivity contribution in [2.24, 2.45) is 0 Å². The first-order chi connectivity index (χ1) is 23.7. The second-order valence-corrected chi connectivity index (χ2v) is 11.1. The zero-order valence-electron chi connectivity index (χ0n) is 25.2. The summed E-state index contributed by atoms with van der Waals surface area (Å²) in [5, 5.41) is 0. The minimum atomic E-state index is 0.539. The van der Waals surface area contributed by atoms with E-state index in [2.05, 4.69) is 19.9 Å².